The Morgan fingerprint density at radius 3 is 2.88 bits per heavy atom. The van der Waals surface area contributed by atoms with Crippen LogP contribution in [-0.2, 0) is 8.92 Å². The first kappa shape index (κ1) is 12.0. The largest absolute Gasteiger partial charge is 0.381 e. The Morgan fingerprint density at radius 2 is 2.19 bits per heavy atom. The van der Waals surface area contributed by atoms with Crippen molar-refractivity contribution in [1.29, 1.82) is 0 Å². The Hall–Kier alpha value is -0.510. The van der Waals surface area contributed by atoms with Gasteiger partial charge >= 0.3 is 0 Å². The van der Waals surface area contributed by atoms with Gasteiger partial charge in [0.1, 0.15) is 0 Å². The monoisotopic (exact) mass is 238 g/mol. The molecule has 0 radical (unpaired) electrons. The van der Waals surface area contributed by atoms with Gasteiger partial charge in [-0.25, -0.2) is 0 Å². The molecule has 16 heavy (non-hydrogen) atoms. The zero-order chi connectivity index (χ0) is 11.2. The van der Waals surface area contributed by atoms with Crippen LogP contribution in [0.3, 0.4) is 0 Å². The maximum atomic E-state index is 5.64. The molecular weight excluding hydrogens is 220 g/mol. The van der Waals surface area contributed by atoms with Crippen LogP contribution in [0.4, 0.5) is 0 Å². The van der Waals surface area contributed by atoms with Gasteiger partial charge in [0.2, 0.25) is 0 Å². The minimum absolute atomic E-state index is 0.576. The molecule has 0 bridgehead atoms. The van der Waals surface area contributed by atoms with Crippen molar-refractivity contribution in [2.24, 2.45) is 5.92 Å². The zero-order valence-corrected chi connectivity index (χ0v) is 10.5. The number of hydrogen-bond donors (Lipinski definition) is 0. The normalized spacial score (nSPS) is 20.9. The van der Waals surface area contributed by atoms with Gasteiger partial charge in [-0.15, -0.1) is 0 Å². The predicted octanol–water partition coefficient (Wildman–Crippen LogP) is 3.45. The van der Waals surface area contributed by atoms with Crippen LogP contribution in [0.2, 0.25) is 0 Å². The predicted molar refractivity (Wildman–Crippen MR) is 66.5 cm³/mol. The quantitative estimate of drug-likeness (QED) is 0.749. The Morgan fingerprint density at radius 1 is 1.38 bits per heavy atom. The van der Waals surface area contributed by atoms with Gasteiger partial charge in [0, 0.05) is 29.5 Å². The Labute approximate surface area is 102 Å². The molecule has 1 aliphatic heterocycles. The summed E-state index contributed by atoms with van der Waals surface area (Å²) >= 11 is 1.47. The zero-order valence-electron chi connectivity index (χ0n) is 9.65. The van der Waals surface area contributed by atoms with Crippen LogP contribution in [0.5, 0.6) is 0 Å². The van der Waals surface area contributed by atoms with Crippen LogP contribution >= 0.6 is 12.0 Å². The van der Waals surface area contributed by atoms with Gasteiger partial charge < -0.3 is 8.92 Å². The van der Waals surface area contributed by atoms with E-state index < -0.39 is 0 Å². The highest BCUT2D eigenvalue weighted by molar-refractivity contribution is 7.94. The van der Waals surface area contributed by atoms with Gasteiger partial charge in [-0.3, -0.25) is 0 Å². The second-order valence-electron chi connectivity index (χ2n) is 4.26. The molecule has 1 saturated heterocycles. The summed E-state index contributed by atoms with van der Waals surface area (Å²) in [5, 5.41) is 0. The van der Waals surface area contributed by atoms with E-state index in [1.165, 1.54) is 35.3 Å². The second kappa shape index (κ2) is 6.28. The van der Waals surface area contributed by atoms with E-state index in [0.29, 0.717) is 5.92 Å². The molecule has 2 nitrogen and oxygen atoms in total. The molecule has 1 aromatic rings. The van der Waals surface area contributed by atoms with Crippen molar-refractivity contribution >= 4 is 12.0 Å². The van der Waals surface area contributed by atoms with E-state index in [1.807, 2.05) is 0 Å². The van der Waals surface area contributed by atoms with E-state index >= 15 is 0 Å². The molecular formula is C13H18O2S. The molecule has 0 amide bonds. The van der Waals surface area contributed by atoms with Crippen LogP contribution in [0, 0.1) is 12.8 Å². The first-order valence-corrected chi connectivity index (χ1v) is 6.52. The highest BCUT2D eigenvalue weighted by Crippen LogP contribution is 2.22. The minimum atomic E-state index is 0.576. The summed E-state index contributed by atoms with van der Waals surface area (Å²) in [6.45, 7) is 4.66. The highest BCUT2D eigenvalue weighted by atomic mass is 32.2. The number of rotatable bonds is 4. The molecule has 0 aliphatic carbocycles. The molecule has 0 N–H and O–H groups in total. The van der Waals surface area contributed by atoms with Gasteiger partial charge in [-0.1, -0.05) is 17.7 Å². The molecule has 1 unspecified atom stereocenters. The van der Waals surface area contributed by atoms with E-state index in [4.69, 9.17) is 8.92 Å². The van der Waals surface area contributed by atoms with E-state index in [1.54, 1.807) is 0 Å². The SMILES string of the molecule is Cc1ccc(SOCC2CCCOC2)cc1. The Bertz CT molecular complexity index is 304. The molecule has 88 valence electrons. The van der Waals surface area contributed by atoms with E-state index in [0.717, 1.165) is 19.8 Å². The van der Waals surface area contributed by atoms with Crippen molar-refractivity contribution < 1.29 is 8.92 Å². The van der Waals surface area contributed by atoms with Crippen molar-refractivity contribution in [1.82, 2.24) is 0 Å². The van der Waals surface area contributed by atoms with Crippen LogP contribution in [0.15, 0.2) is 29.2 Å². The van der Waals surface area contributed by atoms with E-state index in [9.17, 15) is 0 Å². The molecule has 1 heterocycles. The molecule has 0 spiro atoms. The molecule has 1 atom stereocenters. The van der Waals surface area contributed by atoms with Gasteiger partial charge in [0.25, 0.3) is 0 Å². The number of ether oxygens (including phenoxy) is 1. The maximum Gasteiger partial charge on any atom is 0.0668 e. The third kappa shape index (κ3) is 3.81. The number of benzene rings is 1. The number of aryl methyl sites for hydroxylation is 1. The Balaban J connectivity index is 1.69. The Kier molecular flexibility index (Phi) is 4.69. The highest BCUT2D eigenvalue weighted by Gasteiger charge is 2.14. The van der Waals surface area contributed by atoms with Crippen LogP contribution in [0.1, 0.15) is 18.4 Å². The summed E-state index contributed by atoms with van der Waals surface area (Å²) in [5.74, 6) is 0.576. The fourth-order valence-electron chi connectivity index (χ4n) is 1.73. The third-order valence-electron chi connectivity index (χ3n) is 2.73. The van der Waals surface area contributed by atoms with Crippen LogP contribution in [-0.4, -0.2) is 19.8 Å². The van der Waals surface area contributed by atoms with Crippen molar-refractivity contribution in [3.05, 3.63) is 29.8 Å². The second-order valence-corrected chi connectivity index (χ2v) is 5.14. The average Bonchev–Trinajstić information content (AvgIpc) is 2.33. The smallest absolute Gasteiger partial charge is 0.0668 e. The molecule has 1 aromatic carbocycles. The fraction of sp³-hybridized carbons (Fsp3) is 0.538. The van der Waals surface area contributed by atoms with E-state index in [2.05, 4.69) is 31.2 Å². The standard InChI is InChI=1S/C13H18O2S/c1-11-4-6-13(7-5-11)16-15-10-12-3-2-8-14-9-12/h4-7,12H,2-3,8-10H2,1H3. The lowest BCUT2D eigenvalue weighted by Crippen LogP contribution is -2.20. The summed E-state index contributed by atoms with van der Waals surface area (Å²) in [5.41, 5.74) is 1.28. The topological polar surface area (TPSA) is 18.5 Å². The number of hydrogen-bond acceptors (Lipinski definition) is 3. The van der Waals surface area contributed by atoms with Crippen molar-refractivity contribution in [3.8, 4) is 0 Å². The van der Waals surface area contributed by atoms with Gasteiger partial charge in [0.15, 0.2) is 0 Å². The first-order valence-electron chi connectivity index (χ1n) is 5.78. The van der Waals surface area contributed by atoms with Gasteiger partial charge in [0.05, 0.1) is 13.2 Å². The first-order chi connectivity index (χ1) is 7.84. The summed E-state index contributed by atoms with van der Waals surface area (Å²) in [7, 11) is 0. The molecule has 0 saturated carbocycles. The summed E-state index contributed by atoms with van der Waals surface area (Å²) in [6.07, 6.45) is 2.40. The molecule has 1 fully saturated rings. The van der Waals surface area contributed by atoms with Crippen molar-refractivity contribution in [3.63, 3.8) is 0 Å². The lowest BCUT2D eigenvalue weighted by atomic mass is 10.0. The fourth-order valence-corrected chi connectivity index (χ4v) is 2.37. The minimum Gasteiger partial charge on any atom is -0.381 e. The lowest BCUT2D eigenvalue weighted by Gasteiger charge is -2.21. The molecule has 3 heteroatoms. The summed E-state index contributed by atoms with van der Waals surface area (Å²) < 4.78 is 11.0. The summed E-state index contributed by atoms with van der Waals surface area (Å²) in [6, 6.07) is 8.40. The van der Waals surface area contributed by atoms with Crippen LogP contribution in [0.25, 0.3) is 0 Å². The van der Waals surface area contributed by atoms with Crippen molar-refractivity contribution in [2.45, 2.75) is 24.7 Å². The molecule has 1 aliphatic rings. The molecule has 2 rings (SSSR count). The van der Waals surface area contributed by atoms with Crippen molar-refractivity contribution in [2.75, 3.05) is 19.8 Å². The molecule has 0 aromatic heterocycles. The van der Waals surface area contributed by atoms with Crippen LogP contribution < -0.4 is 0 Å². The summed E-state index contributed by atoms with van der Waals surface area (Å²) in [4.78, 5) is 1.17. The average molecular weight is 238 g/mol. The lowest BCUT2D eigenvalue weighted by molar-refractivity contribution is 0.0386. The van der Waals surface area contributed by atoms with E-state index in [-0.39, 0.29) is 0 Å². The van der Waals surface area contributed by atoms with Gasteiger partial charge in [-0.2, -0.15) is 0 Å². The van der Waals surface area contributed by atoms with Gasteiger partial charge in [-0.05, 0) is 31.9 Å². The maximum absolute atomic E-state index is 5.64. The third-order valence-corrected chi connectivity index (χ3v) is 3.45.